The van der Waals surface area contributed by atoms with Crippen LogP contribution >= 0.6 is 15.6 Å². The first-order valence-electron chi connectivity index (χ1n) is 36.2. The Morgan fingerprint density at radius 1 is 0.344 bits per heavy atom. The van der Waals surface area contributed by atoms with E-state index in [2.05, 4.69) is 72.8 Å². The summed E-state index contributed by atoms with van der Waals surface area (Å²) >= 11 is 0. The lowest BCUT2D eigenvalue weighted by atomic mass is 10.0. The van der Waals surface area contributed by atoms with Crippen LogP contribution < -0.4 is 0 Å². The molecule has 3 unspecified atom stereocenters. The van der Waals surface area contributed by atoms with Crippen molar-refractivity contribution in [2.45, 2.75) is 349 Å². The van der Waals surface area contributed by atoms with Crippen molar-refractivity contribution >= 4 is 39.5 Å². The van der Waals surface area contributed by atoms with Crippen LogP contribution in [0.5, 0.6) is 0 Å². The van der Waals surface area contributed by atoms with Gasteiger partial charge in [0.15, 0.2) is 12.2 Å². The lowest BCUT2D eigenvalue weighted by molar-refractivity contribution is -0.161. The number of ether oxygens (including phenoxy) is 4. The summed E-state index contributed by atoms with van der Waals surface area (Å²) in [5.41, 5.74) is 0. The lowest BCUT2D eigenvalue weighted by Gasteiger charge is -2.21. The molecule has 0 aliphatic rings. The number of hydrogen-bond acceptors (Lipinski definition) is 15. The Labute approximate surface area is 548 Å². The van der Waals surface area contributed by atoms with Crippen LogP contribution in [-0.4, -0.2) is 96.7 Å². The Hall–Kier alpha value is -2.46. The van der Waals surface area contributed by atoms with Gasteiger partial charge in [-0.05, 0) is 69.1 Å². The maximum Gasteiger partial charge on any atom is 0.472 e. The molecule has 0 aromatic rings. The average molecular weight is 1320 g/mol. The molecule has 3 N–H and O–H groups in total. The summed E-state index contributed by atoms with van der Waals surface area (Å²) in [5.74, 6) is 0.0414. The minimum atomic E-state index is -4.96. The first kappa shape index (κ1) is 87.5. The molecule has 530 valence electrons. The van der Waals surface area contributed by atoms with Crippen molar-refractivity contribution in [1.29, 1.82) is 0 Å². The van der Waals surface area contributed by atoms with Gasteiger partial charge < -0.3 is 33.8 Å². The minimum Gasteiger partial charge on any atom is -0.462 e. The van der Waals surface area contributed by atoms with E-state index >= 15 is 0 Å². The zero-order valence-electron chi connectivity index (χ0n) is 58.1. The molecule has 0 amide bonds. The zero-order valence-corrected chi connectivity index (χ0v) is 59.9. The number of aliphatic hydroxyl groups is 1. The Morgan fingerprint density at radius 2 is 0.600 bits per heavy atom. The zero-order chi connectivity index (χ0) is 66.6. The first-order valence-corrected chi connectivity index (χ1v) is 39.2. The Morgan fingerprint density at radius 3 is 0.900 bits per heavy atom. The number of phosphoric acid groups is 2. The Bertz CT molecular complexity index is 1860. The number of allylic oxidation sites excluding steroid dienone is 4. The normalized spacial score (nSPS) is 14.4. The summed E-state index contributed by atoms with van der Waals surface area (Å²) in [4.78, 5) is 72.5. The van der Waals surface area contributed by atoms with Crippen LogP contribution in [0.25, 0.3) is 0 Å². The van der Waals surface area contributed by atoms with Crippen molar-refractivity contribution in [1.82, 2.24) is 0 Å². The summed E-state index contributed by atoms with van der Waals surface area (Å²) in [6.07, 6.45) is 48.1. The monoisotopic (exact) mass is 1320 g/mol. The van der Waals surface area contributed by atoms with Gasteiger partial charge >= 0.3 is 39.5 Å². The fourth-order valence-corrected chi connectivity index (χ4v) is 11.8. The number of phosphoric ester groups is 2. The Kier molecular flexibility index (Phi) is 59.7. The SMILES string of the molecule is CCCCCC/C=C\C=C/CCCCCCCC(=O)O[C@H](COC(=O)CCCCCCCCCCC(C)C)COP(=O)(O)OCC(O)COP(=O)(O)OC[C@@H](COC(=O)CCCCCCCCCCC(C)C)OC(=O)CCCCCCCCCCCCC(C)C. The summed E-state index contributed by atoms with van der Waals surface area (Å²) in [6.45, 7) is 11.7. The van der Waals surface area contributed by atoms with Crippen molar-refractivity contribution in [2.24, 2.45) is 17.8 Å². The molecule has 0 radical (unpaired) electrons. The number of esters is 4. The number of rotatable bonds is 67. The topological polar surface area (TPSA) is 237 Å². The molecule has 0 bridgehead atoms. The molecule has 0 aromatic carbocycles. The van der Waals surface area contributed by atoms with E-state index in [0.717, 1.165) is 127 Å². The quantitative estimate of drug-likeness (QED) is 0.0169. The van der Waals surface area contributed by atoms with E-state index in [1.807, 2.05) is 0 Å². The molecule has 0 aromatic heterocycles. The third-order valence-corrected chi connectivity index (χ3v) is 17.7. The number of carbonyl (C=O) groups excluding carboxylic acids is 4. The highest BCUT2D eigenvalue weighted by molar-refractivity contribution is 7.47. The third-order valence-electron chi connectivity index (χ3n) is 15.8. The predicted molar refractivity (Wildman–Crippen MR) is 363 cm³/mol. The minimum absolute atomic E-state index is 0.0839. The molecule has 17 nitrogen and oxygen atoms in total. The highest BCUT2D eigenvalue weighted by atomic mass is 31.2. The van der Waals surface area contributed by atoms with Crippen LogP contribution in [0.1, 0.15) is 331 Å². The van der Waals surface area contributed by atoms with E-state index in [4.69, 9.17) is 37.0 Å². The van der Waals surface area contributed by atoms with E-state index in [1.165, 1.54) is 122 Å². The summed E-state index contributed by atoms with van der Waals surface area (Å²) in [6, 6.07) is 0. The van der Waals surface area contributed by atoms with Crippen LogP contribution in [-0.2, 0) is 65.4 Å². The molecule has 5 atom stereocenters. The molecule has 0 spiro atoms. The van der Waals surface area contributed by atoms with Gasteiger partial charge in [0.1, 0.15) is 19.3 Å². The van der Waals surface area contributed by atoms with Crippen LogP contribution in [0, 0.1) is 17.8 Å². The highest BCUT2D eigenvalue weighted by Gasteiger charge is 2.30. The maximum atomic E-state index is 13.0. The van der Waals surface area contributed by atoms with Crippen LogP contribution in [0.15, 0.2) is 24.3 Å². The van der Waals surface area contributed by atoms with E-state index in [9.17, 15) is 43.2 Å². The molecule has 0 rings (SSSR count). The molecule has 90 heavy (non-hydrogen) atoms. The molecular formula is C71H134O17P2. The average Bonchev–Trinajstić information content (AvgIpc) is 2.98. The van der Waals surface area contributed by atoms with Crippen molar-refractivity contribution in [2.75, 3.05) is 39.6 Å². The van der Waals surface area contributed by atoms with Crippen molar-refractivity contribution in [3.63, 3.8) is 0 Å². The van der Waals surface area contributed by atoms with Crippen LogP contribution in [0.3, 0.4) is 0 Å². The van der Waals surface area contributed by atoms with Crippen molar-refractivity contribution in [3.8, 4) is 0 Å². The van der Waals surface area contributed by atoms with Gasteiger partial charge in [-0.3, -0.25) is 37.3 Å². The largest absolute Gasteiger partial charge is 0.472 e. The summed E-state index contributed by atoms with van der Waals surface area (Å²) in [7, 11) is -9.92. The highest BCUT2D eigenvalue weighted by Crippen LogP contribution is 2.45. The molecule has 0 saturated carbocycles. The maximum absolute atomic E-state index is 13.0. The van der Waals surface area contributed by atoms with Gasteiger partial charge in [-0.2, -0.15) is 0 Å². The second-order valence-corrected chi connectivity index (χ2v) is 29.3. The Balaban J connectivity index is 5.30. The first-order chi connectivity index (χ1) is 43.2. The smallest absolute Gasteiger partial charge is 0.462 e. The van der Waals surface area contributed by atoms with Gasteiger partial charge in [-0.1, -0.05) is 278 Å². The fraction of sp³-hybridized carbons (Fsp3) is 0.887. The van der Waals surface area contributed by atoms with Gasteiger partial charge in [0.05, 0.1) is 26.4 Å². The molecule has 0 aliphatic carbocycles. The van der Waals surface area contributed by atoms with Gasteiger partial charge in [0.25, 0.3) is 0 Å². The van der Waals surface area contributed by atoms with E-state index in [-0.39, 0.29) is 25.7 Å². The molecule has 0 aliphatic heterocycles. The number of unbranched alkanes of at least 4 members (excludes halogenated alkanes) is 32. The van der Waals surface area contributed by atoms with Gasteiger partial charge in [0.2, 0.25) is 0 Å². The second kappa shape index (κ2) is 61.4. The van der Waals surface area contributed by atoms with E-state index < -0.39 is 97.5 Å². The van der Waals surface area contributed by atoms with E-state index in [1.54, 1.807) is 0 Å². The summed E-state index contributed by atoms with van der Waals surface area (Å²) in [5, 5.41) is 10.6. The third kappa shape index (κ3) is 64.3. The molecule has 19 heteroatoms. The van der Waals surface area contributed by atoms with Gasteiger partial charge in [0, 0.05) is 25.7 Å². The predicted octanol–water partition coefficient (Wildman–Crippen LogP) is 19.8. The van der Waals surface area contributed by atoms with E-state index in [0.29, 0.717) is 25.7 Å². The number of aliphatic hydroxyl groups excluding tert-OH is 1. The van der Waals surface area contributed by atoms with Gasteiger partial charge in [-0.25, -0.2) is 9.13 Å². The lowest BCUT2D eigenvalue weighted by Crippen LogP contribution is -2.30. The molecule has 0 heterocycles. The standard InChI is InChI=1S/C71H134O17P2/c1-8-9-10-11-12-13-14-15-16-17-18-22-33-40-47-54-70(75)87-66(58-81-68(73)52-45-38-31-26-24-29-36-43-50-63(4)5)60-85-89(77,78)83-56-65(72)57-84-90(79,80)86-61-67(59-82-69(74)53-46-39-32-27-25-30-37-44-51-64(6)7)88-71(76)55-48-41-34-23-20-19-21-28-35-42-49-62(2)3/h13-16,62-67,72H,8-12,17-61H2,1-7H3,(H,77,78)(H,79,80)/b14-13-,16-15-/t65?,66-,67-/m1/s1. The number of hydrogen-bond donors (Lipinski definition) is 3. The van der Waals surface area contributed by atoms with Crippen molar-refractivity contribution in [3.05, 3.63) is 24.3 Å². The van der Waals surface area contributed by atoms with Crippen molar-refractivity contribution < 1.29 is 80.2 Å². The second-order valence-electron chi connectivity index (χ2n) is 26.4. The van der Waals surface area contributed by atoms with Crippen LogP contribution in [0.2, 0.25) is 0 Å². The molecular weight excluding hydrogens is 1190 g/mol. The molecule has 0 saturated heterocycles. The summed E-state index contributed by atoms with van der Waals surface area (Å²) < 4.78 is 68.3. The number of carbonyl (C=O) groups is 4. The van der Waals surface area contributed by atoms with Crippen LogP contribution in [0.4, 0.5) is 0 Å². The molecule has 0 fully saturated rings. The fourth-order valence-electron chi connectivity index (χ4n) is 10.2. The van der Waals surface area contributed by atoms with Gasteiger partial charge in [-0.15, -0.1) is 0 Å².